The SMILES string of the molecule is CC1(C)CC(OC(=O)c2cc(N)c(F)cc2F)C(C)(C)O1. The lowest BCUT2D eigenvalue weighted by Gasteiger charge is -2.26. The molecule has 116 valence electrons. The van der Waals surface area contributed by atoms with Crippen molar-refractivity contribution in [2.24, 2.45) is 0 Å². The molecule has 1 aliphatic rings. The van der Waals surface area contributed by atoms with Crippen LogP contribution in [0.3, 0.4) is 0 Å². The van der Waals surface area contributed by atoms with Gasteiger partial charge < -0.3 is 15.2 Å². The molecule has 1 aromatic rings. The van der Waals surface area contributed by atoms with E-state index in [0.717, 1.165) is 6.07 Å². The first-order valence-electron chi connectivity index (χ1n) is 6.67. The fourth-order valence-electron chi connectivity index (χ4n) is 2.61. The maximum atomic E-state index is 13.7. The predicted octanol–water partition coefficient (Wildman–Crippen LogP) is 3.05. The highest BCUT2D eigenvalue weighted by Crippen LogP contribution is 2.39. The van der Waals surface area contributed by atoms with Gasteiger partial charge in [-0.15, -0.1) is 0 Å². The lowest BCUT2D eigenvalue weighted by atomic mass is 9.97. The summed E-state index contributed by atoms with van der Waals surface area (Å²) in [5, 5.41) is 0. The fraction of sp³-hybridized carbons (Fsp3) is 0.533. The smallest absolute Gasteiger partial charge is 0.341 e. The Labute approximate surface area is 122 Å². The summed E-state index contributed by atoms with van der Waals surface area (Å²) in [4.78, 5) is 12.1. The number of nitrogens with two attached hydrogens (primary N) is 1. The van der Waals surface area contributed by atoms with E-state index in [9.17, 15) is 13.6 Å². The van der Waals surface area contributed by atoms with Gasteiger partial charge in [-0.2, -0.15) is 0 Å². The number of rotatable bonds is 2. The molecule has 1 heterocycles. The van der Waals surface area contributed by atoms with Crippen molar-refractivity contribution in [3.63, 3.8) is 0 Å². The second-order valence-corrected chi connectivity index (χ2v) is 6.42. The Balaban J connectivity index is 2.21. The predicted molar refractivity (Wildman–Crippen MR) is 73.8 cm³/mol. The van der Waals surface area contributed by atoms with Gasteiger partial charge in [-0.3, -0.25) is 0 Å². The van der Waals surface area contributed by atoms with Crippen molar-refractivity contribution in [2.45, 2.75) is 51.4 Å². The molecule has 21 heavy (non-hydrogen) atoms. The second-order valence-electron chi connectivity index (χ2n) is 6.42. The zero-order chi connectivity index (χ0) is 16.0. The van der Waals surface area contributed by atoms with Crippen molar-refractivity contribution in [3.8, 4) is 0 Å². The number of esters is 1. The van der Waals surface area contributed by atoms with Gasteiger partial charge in [0.2, 0.25) is 0 Å². The minimum Gasteiger partial charge on any atom is -0.456 e. The van der Waals surface area contributed by atoms with E-state index in [2.05, 4.69) is 0 Å². The molecule has 0 amide bonds. The van der Waals surface area contributed by atoms with Gasteiger partial charge in [-0.1, -0.05) is 0 Å². The average Bonchev–Trinajstić information content (AvgIpc) is 2.51. The molecule has 1 fully saturated rings. The van der Waals surface area contributed by atoms with Crippen LogP contribution >= 0.6 is 0 Å². The monoisotopic (exact) mass is 299 g/mol. The summed E-state index contributed by atoms with van der Waals surface area (Å²) in [6.45, 7) is 7.38. The van der Waals surface area contributed by atoms with E-state index in [1.807, 2.05) is 13.8 Å². The molecule has 0 aliphatic carbocycles. The molecule has 0 spiro atoms. The van der Waals surface area contributed by atoms with E-state index in [4.69, 9.17) is 15.2 Å². The molecule has 6 heteroatoms. The minimum atomic E-state index is -0.998. The first kappa shape index (κ1) is 15.7. The van der Waals surface area contributed by atoms with Crippen LogP contribution in [0.25, 0.3) is 0 Å². The van der Waals surface area contributed by atoms with Gasteiger partial charge in [-0.05, 0) is 33.8 Å². The number of halogens is 2. The molecule has 4 nitrogen and oxygen atoms in total. The second kappa shape index (κ2) is 4.94. The summed E-state index contributed by atoms with van der Waals surface area (Å²) in [6, 6.07) is 1.52. The number of carbonyl (C=O) groups is 1. The molecule has 1 aliphatic heterocycles. The van der Waals surface area contributed by atoms with Gasteiger partial charge in [0.05, 0.1) is 16.9 Å². The lowest BCUT2D eigenvalue weighted by Crippen LogP contribution is -2.36. The third kappa shape index (κ3) is 3.15. The maximum absolute atomic E-state index is 13.7. The molecule has 2 N–H and O–H groups in total. The zero-order valence-electron chi connectivity index (χ0n) is 12.5. The number of nitrogen functional groups attached to an aromatic ring is 1. The Bertz CT molecular complexity index is 585. The van der Waals surface area contributed by atoms with Crippen LogP contribution in [0.1, 0.15) is 44.5 Å². The Hall–Kier alpha value is -1.69. The first-order chi connectivity index (χ1) is 9.52. The highest BCUT2D eigenvalue weighted by Gasteiger charge is 2.48. The Morgan fingerprint density at radius 3 is 2.43 bits per heavy atom. The van der Waals surface area contributed by atoms with Crippen LogP contribution in [-0.4, -0.2) is 23.3 Å². The highest BCUT2D eigenvalue weighted by molar-refractivity contribution is 5.91. The number of benzene rings is 1. The van der Waals surface area contributed by atoms with Gasteiger partial charge >= 0.3 is 5.97 Å². The Morgan fingerprint density at radius 1 is 1.29 bits per heavy atom. The summed E-state index contributed by atoms with van der Waals surface area (Å²) < 4.78 is 37.9. The normalized spacial score (nSPS) is 23.0. The van der Waals surface area contributed by atoms with E-state index in [1.54, 1.807) is 13.8 Å². The molecule has 1 saturated heterocycles. The molecule has 0 saturated carbocycles. The van der Waals surface area contributed by atoms with E-state index in [-0.39, 0.29) is 11.3 Å². The van der Waals surface area contributed by atoms with Crippen molar-refractivity contribution in [1.82, 2.24) is 0 Å². The molecule has 0 radical (unpaired) electrons. The summed E-state index contributed by atoms with van der Waals surface area (Å²) in [6.07, 6.45) is -0.0324. The number of carbonyl (C=O) groups excluding carboxylic acids is 1. The quantitative estimate of drug-likeness (QED) is 0.673. The third-order valence-corrected chi connectivity index (χ3v) is 3.55. The largest absolute Gasteiger partial charge is 0.456 e. The molecule has 0 aromatic heterocycles. The number of hydrogen-bond donors (Lipinski definition) is 1. The molecule has 0 bridgehead atoms. The average molecular weight is 299 g/mol. The van der Waals surface area contributed by atoms with Gasteiger partial charge in [0.1, 0.15) is 23.3 Å². The van der Waals surface area contributed by atoms with Gasteiger partial charge in [0, 0.05) is 12.5 Å². The Kier molecular flexibility index (Phi) is 3.70. The highest BCUT2D eigenvalue weighted by atomic mass is 19.1. The Morgan fingerprint density at radius 2 is 1.90 bits per heavy atom. The minimum absolute atomic E-state index is 0.300. The number of ether oxygens (including phenoxy) is 2. The van der Waals surface area contributed by atoms with Crippen molar-refractivity contribution in [3.05, 3.63) is 29.3 Å². The van der Waals surface area contributed by atoms with Crippen LogP contribution in [-0.2, 0) is 9.47 Å². The van der Waals surface area contributed by atoms with E-state index in [1.165, 1.54) is 0 Å². The zero-order valence-corrected chi connectivity index (χ0v) is 12.5. The van der Waals surface area contributed by atoms with E-state index in [0.29, 0.717) is 12.5 Å². The molecular weight excluding hydrogens is 280 g/mol. The summed E-state index contributed by atoms with van der Waals surface area (Å²) in [5.41, 5.74) is 3.56. The summed E-state index contributed by atoms with van der Waals surface area (Å²) >= 11 is 0. The van der Waals surface area contributed by atoms with E-state index < -0.39 is 34.9 Å². The van der Waals surface area contributed by atoms with Crippen LogP contribution in [0.2, 0.25) is 0 Å². The molecule has 1 aromatic carbocycles. The fourth-order valence-corrected chi connectivity index (χ4v) is 2.61. The van der Waals surface area contributed by atoms with Gasteiger partial charge in [0.15, 0.2) is 0 Å². The van der Waals surface area contributed by atoms with Crippen LogP contribution in [0, 0.1) is 11.6 Å². The topological polar surface area (TPSA) is 61.5 Å². The molecular formula is C15H19F2NO3. The van der Waals surface area contributed by atoms with Crippen LogP contribution in [0.15, 0.2) is 12.1 Å². The van der Waals surface area contributed by atoms with Crippen molar-refractivity contribution in [2.75, 3.05) is 5.73 Å². The molecule has 2 rings (SSSR count). The van der Waals surface area contributed by atoms with Crippen LogP contribution in [0.4, 0.5) is 14.5 Å². The van der Waals surface area contributed by atoms with Crippen LogP contribution in [0.5, 0.6) is 0 Å². The van der Waals surface area contributed by atoms with Crippen molar-refractivity contribution >= 4 is 11.7 Å². The van der Waals surface area contributed by atoms with Gasteiger partial charge in [0.25, 0.3) is 0 Å². The molecule has 1 atom stereocenters. The lowest BCUT2D eigenvalue weighted by molar-refractivity contribution is -0.0925. The van der Waals surface area contributed by atoms with Crippen LogP contribution < -0.4 is 5.73 Å². The van der Waals surface area contributed by atoms with E-state index >= 15 is 0 Å². The number of anilines is 1. The molecule has 1 unspecified atom stereocenters. The van der Waals surface area contributed by atoms with Crippen molar-refractivity contribution < 1.29 is 23.0 Å². The third-order valence-electron chi connectivity index (χ3n) is 3.55. The summed E-state index contributed by atoms with van der Waals surface area (Å²) in [7, 11) is 0. The van der Waals surface area contributed by atoms with Crippen molar-refractivity contribution in [1.29, 1.82) is 0 Å². The maximum Gasteiger partial charge on any atom is 0.341 e. The summed E-state index contributed by atoms with van der Waals surface area (Å²) in [5.74, 6) is -2.78. The van der Waals surface area contributed by atoms with Gasteiger partial charge in [-0.25, -0.2) is 13.6 Å². The number of hydrogen-bond acceptors (Lipinski definition) is 4. The first-order valence-corrected chi connectivity index (χ1v) is 6.67. The standard InChI is InChI=1S/C15H19F2NO3/c1-14(2)7-12(15(3,4)21-14)20-13(19)8-5-11(18)10(17)6-9(8)16/h5-6,12H,7,18H2,1-4H3.